The van der Waals surface area contributed by atoms with Gasteiger partial charge in [-0.2, -0.15) is 5.10 Å². The van der Waals surface area contributed by atoms with Crippen molar-refractivity contribution < 1.29 is 4.79 Å². The Bertz CT molecular complexity index is 645. The number of hydrogen-bond acceptors (Lipinski definition) is 4. The van der Waals surface area contributed by atoms with Gasteiger partial charge in [0.15, 0.2) is 0 Å². The molecular weight excluding hydrogens is 242 g/mol. The number of pyridine rings is 1. The van der Waals surface area contributed by atoms with Gasteiger partial charge in [-0.1, -0.05) is 0 Å². The summed E-state index contributed by atoms with van der Waals surface area (Å²) >= 11 is 0. The topological polar surface area (TPSA) is 85.8 Å². The molecule has 6 nitrogen and oxygen atoms in total. The fourth-order valence-corrected chi connectivity index (χ4v) is 2.00. The number of amides is 1. The molecule has 19 heavy (non-hydrogen) atoms. The lowest BCUT2D eigenvalue weighted by atomic mass is 10.2. The number of nitrogen functional groups attached to an aromatic ring is 1. The molecule has 0 fully saturated rings. The normalized spacial score (nSPS) is 10.5. The van der Waals surface area contributed by atoms with E-state index in [-0.39, 0.29) is 5.91 Å². The summed E-state index contributed by atoms with van der Waals surface area (Å²) in [7, 11) is 1.81. The van der Waals surface area contributed by atoms with Gasteiger partial charge in [-0.05, 0) is 32.4 Å². The van der Waals surface area contributed by atoms with Crippen LogP contribution in [-0.2, 0) is 7.05 Å². The van der Waals surface area contributed by atoms with Gasteiger partial charge in [0.1, 0.15) is 5.82 Å². The highest BCUT2D eigenvalue weighted by atomic mass is 16.1. The number of nitrogens with two attached hydrogens (primary N) is 1. The van der Waals surface area contributed by atoms with Crippen LogP contribution in [0.15, 0.2) is 12.3 Å². The molecule has 1 amide bonds. The van der Waals surface area contributed by atoms with Crippen molar-refractivity contribution in [3.8, 4) is 0 Å². The Morgan fingerprint density at radius 3 is 2.58 bits per heavy atom. The van der Waals surface area contributed by atoms with Crippen LogP contribution in [0.1, 0.15) is 27.3 Å². The van der Waals surface area contributed by atoms with E-state index in [0.717, 1.165) is 11.3 Å². The first-order chi connectivity index (χ1) is 8.90. The molecule has 0 radical (unpaired) electrons. The van der Waals surface area contributed by atoms with Crippen molar-refractivity contribution >= 4 is 17.4 Å². The minimum Gasteiger partial charge on any atom is -0.397 e. The predicted molar refractivity (Wildman–Crippen MR) is 74.0 cm³/mol. The number of nitrogens with one attached hydrogen (secondary N) is 1. The van der Waals surface area contributed by atoms with Crippen molar-refractivity contribution in [3.63, 3.8) is 0 Å². The second-order valence-corrected chi connectivity index (χ2v) is 4.56. The average molecular weight is 259 g/mol. The molecular formula is C13H17N5O. The van der Waals surface area contributed by atoms with Crippen molar-refractivity contribution in [2.75, 3.05) is 11.1 Å². The molecule has 6 heteroatoms. The zero-order valence-electron chi connectivity index (χ0n) is 11.5. The standard InChI is InChI=1S/C13H17N5O/c1-7-5-10(14)6-15-12(7)16-13(19)11-8(2)17-18(4)9(11)3/h5-6H,14H2,1-4H3,(H,15,16,19). The number of carbonyl (C=O) groups is 1. The monoisotopic (exact) mass is 259 g/mol. The molecule has 0 aliphatic rings. The molecule has 0 bridgehead atoms. The van der Waals surface area contributed by atoms with Crippen molar-refractivity contribution in [1.29, 1.82) is 0 Å². The number of aryl methyl sites for hydroxylation is 3. The van der Waals surface area contributed by atoms with Crippen LogP contribution in [0.3, 0.4) is 0 Å². The molecule has 0 unspecified atom stereocenters. The van der Waals surface area contributed by atoms with Gasteiger partial charge in [-0.3, -0.25) is 9.48 Å². The third-order valence-corrected chi connectivity index (χ3v) is 3.07. The van der Waals surface area contributed by atoms with E-state index in [2.05, 4.69) is 15.4 Å². The van der Waals surface area contributed by atoms with E-state index < -0.39 is 0 Å². The summed E-state index contributed by atoms with van der Waals surface area (Å²) in [5, 5.41) is 7.02. The number of hydrogen-bond donors (Lipinski definition) is 2. The molecule has 0 saturated heterocycles. The van der Waals surface area contributed by atoms with Crippen LogP contribution in [0.25, 0.3) is 0 Å². The first-order valence-electron chi connectivity index (χ1n) is 5.94. The average Bonchev–Trinajstić information content (AvgIpc) is 2.57. The van der Waals surface area contributed by atoms with Gasteiger partial charge in [-0.15, -0.1) is 0 Å². The van der Waals surface area contributed by atoms with E-state index in [0.29, 0.717) is 22.8 Å². The Kier molecular flexibility index (Phi) is 3.25. The number of carbonyl (C=O) groups excluding carboxylic acids is 1. The maximum absolute atomic E-state index is 12.3. The number of aromatic nitrogens is 3. The second-order valence-electron chi connectivity index (χ2n) is 4.56. The molecule has 2 rings (SSSR count). The Labute approximate surface area is 111 Å². The lowest BCUT2D eigenvalue weighted by Crippen LogP contribution is -2.16. The number of anilines is 2. The summed E-state index contributed by atoms with van der Waals surface area (Å²) in [6, 6.07) is 1.77. The zero-order chi connectivity index (χ0) is 14.2. The maximum Gasteiger partial charge on any atom is 0.260 e. The van der Waals surface area contributed by atoms with Gasteiger partial charge >= 0.3 is 0 Å². The van der Waals surface area contributed by atoms with Gasteiger partial charge in [0.25, 0.3) is 5.91 Å². The van der Waals surface area contributed by atoms with Crippen LogP contribution < -0.4 is 11.1 Å². The van der Waals surface area contributed by atoms with Crippen LogP contribution in [-0.4, -0.2) is 20.7 Å². The Morgan fingerprint density at radius 1 is 1.37 bits per heavy atom. The van der Waals surface area contributed by atoms with Crippen LogP contribution in [0, 0.1) is 20.8 Å². The second kappa shape index (κ2) is 4.72. The summed E-state index contributed by atoms with van der Waals surface area (Å²) in [5.41, 5.74) is 9.14. The Hall–Kier alpha value is -2.37. The van der Waals surface area contributed by atoms with Gasteiger partial charge in [0.05, 0.1) is 23.1 Å². The van der Waals surface area contributed by atoms with Crippen LogP contribution in [0.4, 0.5) is 11.5 Å². The van der Waals surface area contributed by atoms with Crippen molar-refractivity contribution in [2.24, 2.45) is 7.05 Å². The zero-order valence-corrected chi connectivity index (χ0v) is 11.5. The van der Waals surface area contributed by atoms with Gasteiger partial charge in [0, 0.05) is 12.7 Å². The fraction of sp³-hybridized carbons (Fsp3) is 0.308. The summed E-state index contributed by atoms with van der Waals surface area (Å²) in [4.78, 5) is 16.4. The third-order valence-electron chi connectivity index (χ3n) is 3.07. The largest absolute Gasteiger partial charge is 0.397 e. The van der Waals surface area contributed by atoms with Crippen molar-refractivity contribution in [3.05, 3.63) is 34.8 Å². The minimum absolute atomic E-state index is 0.205. The first-order valence-corrected chi connectivity index (χ1v) is 5.94. The highest BCUT2D eigenvalue weighted by molar-refractivity contribution is 6.05. The van der Waals surface area contributed by atoms with Gasteiger partial charge < -0.3 is 11.1 Å². The summed E-state index contributed by atoms with van der Waals surface area (Å²) in [6.07, 6.45) is 1.52. The van der Waals surface area contributed by atoms with Crippen molar-refractivity contribution in [2.45, 2.75) is 20.8 Å². The van der Waals surface area contributed by atoms with E-state index >= 15 is 0 Å². The summed E-state index contributed by atoms with van der Waals surface area (Å²) < 4.78 is 1.69. The molecule has 0 aliphatic carbocycles. The summed E-state index contributed by atoms with van der Waals surface area (Å²) in [6.45, 7) is 5.52. The molecule has 0 saturated carbocycles. The Morgan fingerprint density at radius 2 is 2.05 bits per heavy atom. The highest BCUT2D eigenvalue weighted by Gasteiger charge is 2.18. The minimum atomic E-state index is -0.205. The van der Waals surface area contributed by atoms with Gasteiger partial charge in [-0.25, -0.2) is 4.98 Å². The van der Waals surface area contributed by atoms with E-state index in [1.807, 2.05) is 27.8 Å². The van der Waals surface area contributed by atoms with Crippen LogP contribution >= 0.6 is 0 Å². The molecule has 2 aromatic rings. The smallest absolute Gasteiger partial charge is 0.260 e. The quantitative estimate of drug-likeness (QED) is 0.857. The highest BCUT2D eigenvalue weighted by Crippen LogP contribution is 2.17. The van der Waals surface area contributed by atoms with Crippen LogP contribution in [0.5, 0.6) is 0 Å². The summed E-state index contributed by atoms with van der Waals surface area (Å²) in [5.74, 6) is 0.310. The fourth-order valence-electron chi connectivity index (χ4n) is 2.00. The molecule has 0 aliphatic heterocycles. The van der Waals surface area contributed by atoms with Crippen molar-refractivity contribution in [1.82, 2.24) is 14.8 Å². The third kappa shape index (κ3) is 2.42. The lowest BCUT2D eigenvalue weighted by molar-refractivity contribution is 0.102. The molecule has 2 aromatic heterocycles. The van der Waals surface area contributed by atoms with E-state index in [1.165, 1.54) is 6.20 Å². The molecule has 0 atom stereocenters. The van der Waals surface area contributed by atoms with Gasteiger partial charge in [0.2, 0.25) is 0 Å². The number of nitrogens with zero attached hydrogens (tertiary/aromatic N) is 3. The number of rotatable bonds is 2. The van der Waals surface area contributed by atoms with E-state index in [9.17, 15) is 4.79 Å². The van der Waals surface area contributed by atoms with E-state index in [1.54, 1.807) is 10.7 Å². The molecule has 2 heterocycles. The maximum atomic E-state index is 12.3. The predicted octanol–water partition coefficient (Wildman–Crippen LogP) is 1.57. The molecule has 0 spiro atoms. The van der Waals surface area contributed by atoms with E-state index in [4.69, 9.17) is 5.73 Å². The molecule has 0 aromatic carbocycles. The molecule has 100 valence electrons. The lowest BCUT2D eigenvalue weighted by Gasteiger charge is -2.08. The molecule has 3 N–H and O–H groups in total. The Balaban J connectivity index is 2.31. The SMILES string of the molecule is Cc1cc(N)cnc1NC(=O)c1c(C)nn(C)c1C. The first kappa shape index (κ1) is 13.1. The van der Waals surface area contributed by atoms with Crippen LogP contribution in [0.2, 0.25) is 0 Å².